The summed E-state index contributed by atoms with van der Waals surface area (Å²) in [5, 5.41) is 8.74. The predicted octanol–water partition coefficient (Wildman–Crippen LogP) is 0.206. The summed E-state index contributed by atoms with van der Waals surface area (Å²) in [6, 6.07) is -0.497. The van der Waals surface area contributed by atoms with Gasteiger partial charge in [0.15, 0.2) is 0 Å². The van der Waals surface area contributed by atoms with Crippen LogP contribution in [0.5, 0.6) is 0 Å². The van der Waals surface area contributed by atoms with Crippen molar-refractivity contribution < 1.29 is 14.3 Å². The Kier molecular flexibility index (Phi) is 8.08. The molecule has 1 heterocycles. The molecule has 0 aromatic carbocycles. The molecule has 0 aromatic heterocycles. The lowest BCUT2D eigenvalue weighted by atomic mass is 10.1. The van der Waals surface area contributed by atoms with Gasteiger partial charge >= 0.3 is 0 Å². The van der Waals surface area contributed by atoms with Gasteiger partial charge in [-0.1, -0.05) is 0 Å². The molecule has 1 fully saturated rings. The fraction of sp³-hybridized carbons (Fsp3) is 0.846. The number of halogens is 1. The normalized spacial score (nSPS) is 20.5. The average molecular weight is 308 g/mol. The van der Waals surface area contributed by atoms with E-state index in [0.29, 0.717) is 19.6 Å². The molecule has 1 saturated heterocycles. The Balaban J connectivity index is 0.00000361. The van der Waals surface area contributed by atoms with Crippen molar-refractivity contribution in [3.8, 4) is 0 Å². The van der Waals surface area contributed by atoms with Gasteiger partial charge in [0.25, 0.3) is 0 Å². The van der Waals surface area contributed by atoms with E-state index >= 15 is 0 Å². The minimum Gasteiger partial charge on any atom is -0.378 e. The highest BCUT2D eigenvalue weighted by molar-refractivity contribution is 5.87. The van der Waals surface area contributed by atoms with Crippen molar-refractivity contribution in [1.82, 2.24) is 16.0 Å². The zero-order valence-corrected chi connectivity index (χ0v) is 13.4. The van der Waals surface area contributed by atoms with Crippen molar-refractivity contribution in [2.24, 2.45) is 0 Å². The first kappa shape index (κ1) is 19.1. The first-order valence-electron chi connectivity index (χ1n) is 6.70. The Morgan fingerprint density at radius 1 is 1.40 bits per heavy atom. The predicted molar refractivity (Wildman–Crippen MR) is 80.0 cm³/mol. The molecule has 1 aliphatic heterocycles. The van der Waals surface area contributed by atoms with Gasteiger partial charge in [0.2, 0.25) is 11.8 Å². The zero-order valence-electron chi connectivity index (χ0n) is 12.6. The van der Waals surface area contributed by atoms with E-state index in [4.69, 9.17) is 4.74 Å². The molecule has 2 atom stereocenters. The van der Waals surface area contributed by atoms with Crippen molar-refractivity contribution in [3.05, 3.63) is 0 Å². The maximum atomic E-state index is 11.8. The number of hydrogen-bond donors (Lipinski definition) is 3. The topological polar surface area (TPSA) is 79.5 Å². The number of morpholine rings is 1. The molecule has 3 N–H and O–H groups in total. The summed E-state index contributed by atoms with van der Waals surface area (Å²) in [7, 11) is 0. The summed E-state index contributed by atoms with van der Waals surface area (Å²) in [6.07, 6.45) is 0.327. The van der Waals surface area contributed by atoms with E-state index in [-0.39, 0.29) is 35.8 Å². The van der Waals surface area contributed by atoms with Gasteiger partial charge in [-0.2, -0.15) is 0 Å². The van der Waals surface area contributed by atoms with Crippen LogP contribution in [0.1, 0.15) is 34.1 Å². The quantitative estimate of drug-likeness (QED) is 0.693. The Bertz CT molecular complexity index is 325. The fourth-order valence-corrected chi connectivity index (χ4v) is 1.82. The lowest BCUT2D eigenvalue weighted by Crippen LogP contribution is -2.52. The molecule has 2 amide bonds. The van der Waals surface area contributed by atoms with E-state index in [9.17, 15) is 9.59 Å². The number of carbonyl (C=O) groups excluding carboxylic acids is 2. The molecule has 20 heavy (non-hydrogen) atoms. The molecule has 118 valence electrons. The Labute approximate surface area is 126 Å². The highest BCUT2D eigenvalue weighted by Gasteiger charge is 2.22. The van der Waals surface area contributed by atoms with Crippen LogP contribution in [0.2, 0.25) is 0 Å². The zero-order chi connectivity index (χ0) is 14.5. The SMILES string of the molecule is CC(NC(=O)CC1COCCN1)C(=O)NC(C)(C)C.Cl. The van der Waals surface area contributed by atoms with E-state index in [0.717, 1.165) is 6.54 Å². The summed E-state index contributed by atoms with van der Waals surface area (Å²) in [6.45, 7) is 9.38. The van der Waals surface area contributed by atoms with Crippen LogP contribution in [-0.4, -0.2) is 49.2 Å². The molecule has 0 saturated carbocycles. The fourth-order valence-electron chi connectivity index (χ4n) is 1.82. The van der Waals surface area contributed by atoms with Crippen molar-refractivity contribution in [3.63, 3.8) is 0 Å². The lowest BCUT2D eigenvalue weighted by Gasteiger charge is -2.25. The smallest absolute Gasteiger partial charge is 0.242 e. The van der Waals surface area contributed by atoms with Crippen LogP contribution in [0, 0.1) is 0 Å². The lowest BCUT2D eigenvalue weighted by molar-refractivity contribution is -0.130. The summed E-state index contributed by atoms with van der Waals surface area (Å²) in [4.78, 5) is 23.6. The summed E-state index contributed by atoms with van der Waals surface area (Å²) < 4.78 is 5.28. The maximum Gasteiger partial charge on any atom is 0.242 e. The first-order valence-corrected chi connectivity index (χ1v) is 6.70. The van der Waals surface area contributed by atoms with Gasteiger partial charge in [0.1, 0.15) is 6.04 Å². The van der Waals surface area contributed by atoms with Crippen LogP contribution in [0.25, 0.3) is 0 Å². The molecule has 7 heteroatoms. The number of amides is 2. The van der Waals surface area contributed by atoms with Crippen LogP contribution in [0.3, 0.4) is 0 Å². The van der Waals surface area contributed by atoms with E-state index < -0.39 is 6.04 Å². The van der Waals surface area contributed by atoms with E-state index in [1.54, 1.807) is 6.92 Å². The third kappa shape index (κ3) is 7.67. The van der Waals surface area contributed by atoms with E-state index in [2.05, 4.69) is 16.0 Å². The second kappa shape index (κ2) is 8.44. The van der Waals surface area contributed by atoms with Crippen LogP contribution in [-0.2, 0) is 14.3 Å². The number of rotatable bonds is 4. The Hall–Kier alpha value is -0.850. The number of ether oxygens (including phenoxy) is 1. The van der Waals surface area contributed by atoms with Gasteiger partial charge in [-0.25, -0.2) is 0 Å². The second-order valence-electron chi connectivity index (χ2n) is 5.96. The second-order valence-corrected chi connectivity index (χ2v) is 5.96. The standard InChI is InChI=1S/C13H25N3O3.ClH/c1-9(12(18)16-13(2,3)4)15-11(17)7-10-8-19-6-5-14-10;/h9-10,14H,5-8H2,1-4H3,(H,15,17)(H,16,18);1H. The molecule has 0 aromatic rings. The van der Waals surface area contributed by atoms with E-state index in [1.165, 1.54) is 0 Å². The third-order valence-electron chi connectivity index (χ3n) is 2.70. The summed E-state index contributed by atoms with van der Waals surface area (Å²) in [5.41, 5.74) is -0.297. The third-order valence-corrected chi connectivity index (χ3v) is 2.70. The summed E-state index contributed by atoms with van der Waals surface area (Å²) >= 11 is 0. The molecular weight excluding hydrogens is 282 g/mol. The largest absolute Gasteiger partial charge is 0.378 e. The van der Waals surface area contributed by atoms with Crippen molar-refractivity contribution in [2.75, 3.05) is 19.8 Å². The minimum absolute atomic E-state index is 0. The number of hydrogen-bond acceptors (Lipinski definition) is 4. The minimum atomic E-state index is -0.531. The molecule has 1 aliphatic rings. The van der Waals surface area contributed by atoms with Crippen LogP contribution in [0.4, 0.5) is 0 Å². The Morgan fingerprint density at radius 2 is 2.05 bits per heavy atom. The molecule has 0 aliphatic carbocycles. The number of carbonyl (C=O) groups is 2. The maximum absolute atomic E-state index is 11.8. The molecule has 2 unspecified atom stereocenters. The average Bonchev–Trinajstić information content (AvgIpc) is 2.27. The van der Waals surface area contributed by atoms with Crippen molar-refractivity contribution >= 4 is 24.2 Å². The Morgan fingerprint density at radius 3 is 2.55 bits per heavy atom. The van der Waals surface area contributed by atoms with Crippen LogP contribution >= 0.6 is 12.4 Å². The van der Waals surface area contributed by atoms with Gasteiger partial charge in [-0.05, 0) is 27.7 Å². The van der Waals surface area contributed by atoms with Gasteiger partial charge in [-0.3, -0.25) is 9.59 Å². The highest BCUT2D eigenvalue weighted by atomic mass is 35.5. The van der Waals surface area contributed by atoms with Crippen LogP contribution < -0.4 is 16.0 Å². The molecular formula is C13H26ClN3O3. The van der Waals surface area contributed by atoms with Gasteiger partial charge in [0.05, 0.1) is 13.2 Å². The van der Waals surface area contributed by atoms with Gasteiger partial charge in [0, 0.05) is 24.5 Å². The van der Waals surface area contributed by atoms with Crippen molar-refractivity contribution in [1.29, 1.82) is 0 Å². The van der Waals surface area contributed by atoms with Gasteiger partial charge < -0.3 is 20.7 Å². The molecule has 1 rings (SSSR count). The molecule has 6 nitrogen and oxygen atoms in total. The van der Waals surface area contributed by atoms with Crippen LogP contribution in [0.15, 0.2) is 0 Å². The number of nitrogens with one attached hydrogen (secondary N) is 3. The molecule has 0 radical (unpaired) electrons. The summed E-state index contributed by atoms with van der Waals surface area (Å²) in [5.74, 6) is -0.312. The molecule has 0 spiro atoms. The molecule has 0 bridgehead atoms. The highest BCUT2D eigenvalue weighted by Crippen LogP contribution is 2.01. The van der Waals surface area contributed by atoms with Crippen molar-refractivity contribution in [2.45, 2.75) is 51.7 Å². The monoisotopic (exact) mass is 307 g/mol. The van der Waals surface area contributed by atoms with Gasteiger partial charge in [-0.15, -0.1) is 12.4 Å². The first-order chi connectivity index (χ1) is 8.78. The van der Waals surface area contributed by atoms with E-state index in [1.807, 2.05) is 20.8 Å².